The molecule has 49 heavy (non-hydrogen) atoms. The standard InChI is InChI=1S/C37H44ClN7O4/c1-3-5-21-44(22-6-4-2)23-10-24-49-37(48)29-13-17-32(18-14-29)40-36(47)33(25-28-11-8-7-9-12-28)41-35(46)20-15-30-26-31(38)16-19-34(30)45-27-39-42-43-45/h7-9,11-20,26-27,33H,3-6,10,21-25H2,1-2H3,(H,40,47)(H,41,46)/t33-/m0/s1. The van der Waals surface area contributed by atoms with E-state index < -0.39 is 23.8 Å². The zero-order chi connectivity index (χ0) is 34.8. The number of hydrogen-bond acceptors (Lipinski definition) is 8. The molecule has 1 atom stereocenters. The fraction of sp³-hybridized carbons (Fsp3) is 0.351. The van der Waals surface area contributed by atoms with Crippen molar-refractivity contribution in [3.05, 3.63) is 107 Å². The molecule has 0 saturated heterocycles. The van der Waals surface area contributed by atoms with Crippen molar-refractivity contribution >= 4 is 41.1 Å². The largest absolute Gasteiger partial charge is 0.462 e. The molecule has 0 aliphatic heterocycles. The summed E-state index contributed by atoms with van der Waals surface area (Å²) in [4.78, 5) is 41.7. The van der Waals surface area contributed by atoms with Crippen LogP contribution in [0.4, 0.5) is 5.69 Å². The quantitative estimate of drug-likeness (QED) is 0.0684. The molecule has 1 heterocycles. The molecular formula is C37H44ClN7O4. The molecule has 1 aromatic heterocycles. The Morgan fingerprint density at radius 2 is 1.65 bits per heavy atom. The fourth-order valence-electron chi connectivity index (χ4n) is 5.14. The zero-order valence-corrected chi connectivity index (χ0v) is 28.8. The third-order valence-corrected chi connectivity index (χ3v) is 8.05. The van der Waals surface area contributed by atoms with E-state index >= 15 is 0 Å². The van der Waals surface area contributed by atoms with E-state index in [9.17, 15) is 14.4 Å². The number of hydrogen-bond donors (Lipinski definition) is 2. The molecule has 2 N–H and O–H groups in total. The number of anilines is 1. The monoisotopic (exact) mass is 685 g/mol. The average molecular weight is 686 g/mol. The van der Waals surface area contributed by atoms with Crippen LogP contribution in [0.5, 0.6) is 0 Å². The van der Waals surface area contributed by atoms with Crippen LogP contribution in [-0.4, -0.2) is 75.2 Å². The smallest absolute Gasteiger partial charge is 0.338 e. The molecule has 0 fully saturated rings. The molecule has 0 aliphatic rings. The molecule has 0 spiro atoms. The molecule has 12 heteroatoms. The van der Waals surface area contributed by atoms with E-state index in [1.54, 1.807) is 48.5 Å². The molecule has 11 nitrogen and oxygen atoms in total. The lowest BCUT2D eigenvalue weighted by Crippen LogP contribution is -2.44. The lowest BCUT2D eigenvalue weighted by molar-refractivity contribution is -0.123. The highest BCUT2D eigenvalue weighted by Gasteiger charge is 2.21. The number of nitrogens with one attached hydrogen (secondary N) is 2. The number of tetrazole rings is 1. The minimum absolute atomic E-state index is 0.262. The van der Waals surface area contributed by atoms with Gasteiger partial charge in [-0.05, 0) is 96.9 Å². The van der Waals surface area contributed by atoms with Crippen LogP contribution < -0.4 is 10.6 Å². The van der Waals surface area contributed by atoms with E-state index in [1.165, 1.54) is 17.1 Å². The van der Waals surface area contributed by atoms with Crippen molar-refractivity contribution in [2.24, 2.45) is 0 Å². The maximum Gasteiger partial charge on any atom is 0.338 e. The highest BCUT2D eigenvalue weighted by atomic mass is 35.5. The third-order valence-electron chi connectivity index (χ3n) is 7.81. The lowest BCUT2D eigenvalue weighted by atomic mass is 10.0. The fourth-order valence-corrected chi connectivity index (χ4v) is 5.32. The van der Waals surface area contributed by atoms with Crippen molar-refractivity contribution in [3.8, 4) is 5.69 Å². The second-order valence-electron chi connectivity index (χ2n) is 11.6. The van der Waals surface area contributed by atoms with Gasteiger partial charge in [0.05, 0.1) is 17.9 Å². The Hall–Kier alpha value is -4.87. The number of benzene rings is 3. The van der Waals surface area contributed by atoms with Gasteiger partial charge in [-0.3, -0.25) is 9.59 Å². The van der Waals surface area contributed by atoms with Crippen molar-refractivity contribution in [1.82, 2.24) is 30.4 Å². The Morgan fingerprint density at radius 3 is 2.33 bits per heavy atom. The molecular weight excluding hydrogens is 642 g/mol. The van der Waals surface area contributed by atoms with Crippen molar-refractivity contribution in [2.75, 3.05) is 31.6 Å². The van der Waals surface area contributed by atoms with Crippen LogP contribution in [0, 0.1) is 0 Å². The number of esters is 1. The number of halogens is 1. The topological polar surface area (TPSA) is 131 Å². The first-order valence-electron chi connectivity index (χ1n) is 16.7. The molecule has 2 amide bonds. The first kappa shape index (κ1) is 37.0. The summed E-state index contributed by atoms with van der Waals surface area (Å²) in [6.07, 6.45) is 10.0. The SMILES string of the molecule is CCCCN(CCCC)CCCOC(=O)c1ccc(NC(=O)[C@H](Cc2ccccc2)NC(=O)C=Cc2cc(Cl)ccc2-n2cnnn2)cc1. The Labute approximate surface area is 292 Å². The summed E-state index contributed by atoms with van der Waals surface area (Å²) in [5.41, 5.74) is 2.99. The first-order chi connectivity index (χ1) is 23.9. The number of rotatable bonds is 19. The minimum Gasteiger partial charge on any atom is -0.462 e. The summed E-state index contributed by atoms with van der Waals surface area (Å²) in [5.74, 6) is -1.29. The highest BCUT2D eigenvalue weighted by Crippen LogP contribution is 2.20. The molecule has 4 aromatic rings. The number of carbonyl (C=O) groups excluding carboxylic acids is 3. The summed E-state index contributed by atoms with van der Waals surface area (Å²) in [6, 6.07) is 20.2. The van der Waals surface area contributed by atoms with Crippen molar-refractivity contribution in [1.29, 1.82) is 0 Å². The molecule has 0 bridgehead atoms. The molecule has 3 aromatic carbocycles. The number of ether oxygens (including phenoxy) is 1. The highest BCUT2D eigenvalue weighted by molar-refractivity contribution is 6.30. The second-order valence-corrected chi connectivity index (χ2v) is 12.1. The van der Waals surface area contributed by atoms with Crippen LogP contribution >= 0.6 is 11.6 Å². The van der Waals surface area contributed by atoms with Gasteiger partial charge in [0, 0.05) is 35.3 Å². The molecule has 258 valence electrons. The van der Waals surface area contributed by atoms with Crippen LogP contribution in [0.3, 0.4) is 0 Å². The van der Waals surface area contributed by atoms with Crippen LogP contribution in [0.1, 0.15) is 67.4 Å². The third kappa shape index (κ3) is 12.3. The van der Waals surface area contributed by atoms with Crippen LogP contribution in [-0.2, 0) is 20.7 Å². The van der Waals surface area contributed by atoms with Crippen molar-refractivity contribution < 1.29 is 19.1 Å². The van der Waals surface area contributed by atoms with E-state index in [-0.39, 0.29) is 6.42 Å². The van der Waals surface area contributed by atoms with Gasteiger partial charge in [-0.15, -0.1) is 5.10 Å². The number of nitrogens with zero attached hydrogens (tertiary/aromatic N) is 5. The molecule has 0 saturated carbocycles. The van der Waals surface area contributed by atoms with Gasteiger partial charge in [-0.2, -0.15) is 4.68 Å². The van der Waals surface area contributed by atoms with Crippen LogP contribution in [0.15, 0.2) is 85.2 Å². The Balaban J connectivity index is 1.35. The van der Waals surface area contributed by atoms with E-state index in [0.717, 1.165) is 57.3 Å². The average Bonchev–Trinajstić information content (AvgIpc) is 3.65. The van der Waals surface area contributed by atoms with Crippen LogP contribution in [0.2, 0.25) is 5.02 Å². The van der Waals surface area contributed by atoms with Gasteiger partial charge in [-0.25, -0.2) is 4.79 Å². The second kappa shape index (κ2) is 19.8. The van der Waals surface area contributed by atoms with Crippen molar-refractivity contribution in [3.63, 3.8) is 0 Å². The van der Waals surface area contributed by atoms with Gasteiger partial charge < -0.3 is 20.3 Å². The van der Waals surface area contributed by atoms with E-state index in [2.05, 4.69) is 44.9 Å². The van der Waals surface area contributed by atoms with E-state index in [0.29, 0.717) is 34.1 Å². The normalized spacial score (nSPS) is 11.8. The predicted octanol–water partition coefficient (Wildman–Crippen LogP) is 6.14. The van der Waals surface area contributed by atoms with Crippen LogP contribution in [0.25, 0.3) is 11.8 Å². The Kier molecular flexibility index (Phi) is 15.0. The predicted molar refractivity (Wildman–Crippen MR) is 192 cm³/mol. The van der Waals surface area contributed by atoms with E-state index in [1.807, 2.05) is 30.3 Å². The lowest BCUT2D eigenvalue weighted by Gasteiger charge is -2.21. The maximum absolute atomic E-state index is 13.5. The zero-order valence-electron chi connectivity index (χ0n) is 28.1. The maximum atomic E-state index is 13.5. The number of aromatic nitrogens is 4. The molecule has 0 unspecified atom stereocenters. The van der Waals surface area contributed by atoms with Gasteiger partial charge in [0.1, 0.15) is 12.4 Å². The summed E-state index contributed by atoms with van der Waals surface area (Å²) in [7, 11) is 0. The Bertz CT molecular complexity index is 1640. The minimum atomic E-state index is -0.892. The summed E-state index contributed by atoms with van der Waals surface area (Å²) in [5, 5.41) is 17.4. The molecule has 4 rings (SSSR count). The summed E-state index contributed by atoms with van der Waals surface area (Å²) >= 11 is 6.20. The van der Waals surface area contributed by atoms with Gasteiger partial charge in [0.25, 0.3) is 0 Å². The van der Waals surface area contributed by atoms with Crippen molar-refractivity contribution in [2.45, 2.75) is 58.4 Å². The summed E-state index contributed by atoms with van der Waals surface area (Å²) in [6.45, 7) is 7.76. The van der Waals surface area contributed by atoms with Gasteiger partial charge >= 0.3 is 5.97 Å². The molecule has 0 aliphatic carbocycles. The van der Waals surface area contributed by atoms with Gasteiger partial charge in [0.15, 0.2) is 0 Å². The van der Waals surface area contributed by atoms with E-state index in [4.69, 9.17) is 16.3 Å². The number of amides is 2. The number of carbonyl (C=O) groups is 3. The van der Waals surface area contributed by atoms with Gasteiger partial charge in [-0.1, -0.05) is 68.6 Å². The first-order valence-corrected chi connectivity index (χ1v) is 17.1. The van der Waals surface area contributed by atoms with Gasteiger partial charge in [0.2, 0.25) is 11.8 Å². The summed E-state index contributed by atoms with van der Waals surface area (Å²) < 4.78 is 6.98. The number of unbranched alkanes of at least 4 members (excludes halogenated alkanes) is 2. The Morgan fingerprint density at radius 1 is 0.939 bits per heavy atom. The molecule has 0 radical (unpaired) electrons.